The standard InChI is InChI=1S/C16H17N3O3S/c1-2-9-18-13-8-7-12(19(21)22)10-14(13)23-16(18)17-15(20)11-5-3-4-6-11/h2,7-8,10-11H,1,3-6,9H2. The highest BCUT2D eigenvalue weighted by molar-refractivity contribution is 7.16. The predicted octanol–water partition coefficient (Wildman–Crippen LogP) is 3.41. The van der Waals surface area contributed by atoms with Gasteiger partial charge in [0.1, 0.15) is 0 Å². The van der Waals surface area contributed by atoms with Crippen LogP contribution < -0.4 is 4.80 Å². The fourth-order valence-electron chi connectivity index (χ4n) is 2.92. The first-order valence-electron chi connectivity index (χ1n) is 7.57. The van der Waals surface area contributed by atoms with E-state index < -0.39 is 4.92 Å². The summed E-state index contributed by atoms with van der Waals surface area (Å²) in [5.41, 5.74) is 0.872. The van der Waals surface area contributed by atoms with Gasteiger partial charge >= 0.3 is 0 Å². The Hall–Kier alpha value is -2.28. The molecule has 0 radical (unpaired) electrons. The summed E-state index contributed by atoms with van der Waals surface area (Å²) in [4.78, 5) is 27.7. The lowest BCUT2D eigenvalue weighted by molar-refractivity contribution is -0.384. The van der Waals surface area contributed by atoms with E-state index >= 15 is 0 Å². The van der Waals surface area contributed by atoms with Crippen LogP contribution in [0, 0.1) is 16.0 Å². The number of nitro benzene ring substituents is 1. The maximum absolute atomic E-state index is 12.3. The zero-order chi connectivity index (χ0) is 16.4. The molecule has 1 aromatic carbocycles. The number of nitrogens with zero attached hydrogens (tertiary/aromatic N) is 3. The van der Waals surface area contributed by atoms with E-state index in [1.165, 1.54) is 23.5 Å². The van der Waals surface area contributed by atoms with Gasteiger partial charge in [0.15, 0.2) is 4.80 Å². The number of hydrogen-bond donors (Lipinski definition) is 0. The molecule has 0 bridgehead atoms. The van der Waals surface area contributed by atoms with Gasteiger partial charge in [-0.05, 0) is 18.9 Å². The topological polar surface area (TPSA) is 77.5 Å². The fraction of sp³-hybridized carbons (Fsp3) is 0.375. The van der Waals surface area contributed by atoms with Gasteiger partial charge in [-0.1, -0.05) is 30.3 Å². The van der Waals surface area contributed by atoms with Crippen molar-refractivity contribution in [3.63, 3.8) is 0 Å². The monoisotopic (exact) mass is 331 g/mol. The van der Waals surface area contributed by atoms with E-state index in [1.807, 2.05) is 4.57 Å². The number of benzene rings is 1. The van der Waals surface area contributed by atoms with Crippen LogP contribution in [0.15, 0.2) is 35.8 Å². The Labute approximate surface area is 136 Å². The second-order valence-corrected chi connectivity index (χ2v) is 6.63. The number of thiazole rings is 1. The number of carbonyl (C=O) groups excluding carboxylic acids is 1. The Kier molecular flexibility index (Phi) is 4.38. The van der Waals surface area contributed by atoms with E-state index in [0.29, 0.717) is 11.3 Å². The number of aromatic nitrogens is 1. The predicted molar refractivity (Wildman–Crippen MR) is 89.2 cm³/mol. The molecule has 0 N–H and O–H groups in total. The van der Waals surface area contributed by atoms with E-state index in [0.717, 1.165) is 35.9 Å². The van der Waals surface area contributed by atoms with Gasteiger partial charge in [-0.3, -0.25) is 14.9 Å². The third kappa shape index (κ3) is 3.10. The van der Waals surface area contributed by atoms with E-state index in [1.54, 1.807) is 12.1 Å². The first-order chi connectivity index (χ1) is 11.1. The normalized spacial score (nSPS) is 16.1. The summed E-state index contributed by atoms with van der Waals surface area (Å²) in [7, 11) is 0. The third-order valence-electron chi connectivity index (χ3n) is 4.10. The van der Waals surface area contributed by atoms with E-state index in [4.69, 9.17) is 0 Å². The van der Waals surface area contributed by atoms with Crippen LogP contribution in [-0.4, -0.2) is 15.4 Å². The summed E-state index contributed by atoms with van der Waals surface area (Å²) >= 11 is 1.31. The van der Waals surface area contributed by atoms with Crippen molar-refractivity contribution in [3.8, 4) is 0 Å². The van der Waals surface area contributed by atoms with Gasteiger partial charge in [0, 0.05) is 24.6 Å². The number of hydrogen-bond acceptors (Lipinski definition) is 4. The quantitative estimate of drug-likeness (QED) is 0.489. The summed E-state index contributed by atoms with van der Waals surface area (Å²) in [5.74, 6) is -0.0619. The average molecular weight is 331 g/mol. The molecule has 1 amide bonds. The molecule has 0 saturated heterocycles. The summed E-state index contributed by atoms with van der Waals surface area (Å²) in [5, 5.41) is 10.9. The highest BCUT2D eigenvalue weighted by Gasteiger charge is 2.22. The molecule has 0 aliphatic heterocycles. The highest BCUT2D eigenvalue weighted by Crippen LogP contribution is 2.26. The van der Waals surface area contributed by atoms with E-state index in [-0.39, 0.29) is 17.5 Å². The van der Waals surface area contributed by atoms with Crippen molar-refractivity contribution in [2.24, 2.45) is 10.9 Å². The first kappa shape index (κ1) is 15.6. The summed E-state index contributed by atoms with van der Waals surface area (Å²) in [6, 6.07) is 4.70. The Morgan fingerprint density at radius 1 is 1.48 bits per heavy atom. The first-order valence-corrected chi connectivity index (χ1v) is 8.39. The molecule has 7 heteroatoms. The van der Waals surface area contributed by atoms with E-state index in [2.05, 4.69) is 11.6 Å². The van der Waals surface area contributed by atoms with Crippen LogP contribution in [-0.2, 0) is 11.3 Å². The molecule has 2 aromatic rings. The van der Waals surface area contributed by atoms with Crippen molar-refractivity contribution in [1.29, 1.82) is 0 Å². The molecule has 1 heterocycles. The van der Waals surface area contributed by atoms with Crippen LogP contribution in [0.5, 0.6) is 0 Å². The minimum Gasteiger partial charge on any atom is -0.312 e. The van der Waals surface area contributed by atoms with Crippen molar-refractivity contribution < 1.29 is 9.72 Å². The molecule has 1 aliphatic rings. The van der Waals surface area contributed by atoms with Gasteiger partial charge in [-0.15, -0.1) is 6.58 Å². The Balaban J connectivity index is 2.10. The maximum atomic E-state index is 12.3. The van der Waals surface area contributed by atoms with Crippen molar-refractivity contribution in [2.75, 3.05) is 0 Å². The SMILES string of the molecule is C=CCn1c(=NC(=O)C2CCCC2)sc2cc([N+](=O)[O-])ccc21. The van der Waals surface area contributed by atoms with Crippen LogP contribution in [0.25, 0.3) is 10.2 Å². The Morgan fingerprint density at radius 3 is 2.87 bits per heavy atom. The molecular weight excluding hydrogens is 314 g/mol. The molecule has 1 fully saturated rings. The van der Waals surface area contributed by atoms with Gasteiger partial charge in [0.2, 0.25) is 0 Å². The zero-order valence-corrected chi connectivity index (χ0v) is 13.4. The Bertz CT molecular complexity index is 844. The van der Waals surface area contributed by atoms with Crippen molar-refractivity contribution in [1.82, 2.24) is 4.57 Å². The van der Waals surface area contributed by atoms with Gasteiger partial charge < -0.3 is 4.57 Å². The van der Waals surface area contributed by atoms with Crippen LogP contribution in [0.2, 0.25) is 0 Å². The van der Waals surface area contributed by atoms with Crippen LogP contribution in [0.1, 0.15) is 25.7 Å². The molecule has 1 saturated carbocycles. The van der Waals surface area contributed by atoms with Gasteiger partial charge in [0.25, 0.3) is 11.6 Å². The number of rotatable bonds is 4. The molecule has 0 unspecified atom stereocenters. The molecule has 1 aromatic heterocycles. The molecule has 120 valence electrons. The molecule has 1 aliphatic carbocycles. The number of amides is 1. The van der Waals surface area contributed by atoms with Crippen LogP contribution in [0.3, 0.4) is 0 Å². The molecule has 3 rings (SSSR count). The minimum atomic E-state index is -0.419. The number of non-ortho nitro benzene ring substituents is 1. The second kappa shape index (κ2) is 6.45. The lowest BCUT2D eigenvalue weighted by Gasteiger charge is -2.03. The van der Waals surface area contributed by atoms with Crippen molar-refractivity contribution in [2.45, 2.75) is 32.2 Å². The molecular formula is C16H17N3O3S. The lowest BCUT2D eigenvalue weighted by atomic mass is 10.1. The fourth-order valence-corrected chi connectivity index (χ4v) is 4.00. The Morgan fingerprint density at radius 2 is 2.22 bits per heavy atom. The molecule has 6 nitrogen and oxygen atoms in total. The van der Waals surface area contributed by atoms with Crippen LogP contribution in [0.4, 0.5) is 5.69 Å². The smallest absolute Gasteiger partial charge is 0.270 e. The summed E-state index contributed by atoms with van der Waals surface area (Å²) < 4.78 is 2.63. The lowest BCUT2D eigenvalue weighted by Crippen LogP contribution is -2.19. The van der Waals surface area contributed by atoms with Crippen LogP contribution >= 0.6 is 11.3 Å². The second-order valence-electron chi connectivity index (χ2n) is 5.62. The highest BCUT2D eigenvalue weighted by atomic mass is 32.1. The van der Waals surface area contributed by atoms with Gasteiger partial charge in [0.05, 0.1) is 15.1 Å². The largest absolute Gasteiger partial charge is 0.312 e. The van der Waals surface area contributed by atoms with E-state index in [9.17, 15) is 14.9 Å². The van der Waals surface area contributed by atoms with Gasteiger partial charge in [-0.25, -0.2) is 0 Å². The maximum Gasteiger partial charge on any atom is 0.270 e. The summed E-state index contributed by atoms with van der Waals surface area (Å²) in [6.45, 7) is 4.24. The molecule has 23 heavy (non-hydrogen) atoms. The number of fused-ring (bicyclic) bond motifs is 1. The minimum absolute atomic E-state index is 0.0201. The molecule has 0 atom stereocenters. The number of allylic oxidation sites excluding steroid dienone is 1. The van der Waals surface area contributed by atoms with Gasteiger partial charge in [-0.2, -0.15) is 4.99 Å². The number of nitro groups is 1. The van der Waals surface area contributed by atoms with Crippen molar-refractivity contribution in [3.05, 3.63) is 45.8 Å². The summed E-state index contributed by atoms with van der Waals surface area (Å²) in [6.07, 6.45) is 5.70. The average Bonchev–Trinajstić information content (AvgIpc) is 3.16. The van der Waals surface area contributed by atoms with Crippen molar-refractivity contribution >= 4 is 33.1 Å². The third-order valence-corrected chi connectivity index (χ3v) is 5.14. The zero-order valence-electron chi connectivity index (χ0n) is 12.6. The molecule has 0 spiro atoms. The number of carbonyl (C=O) groups is 1.